The van der Waals surface area contributed by atoms with Crippen molar-refractivity contribution in [3.63, 3.8) is 0 Å². The van der Waals surface area contributed by atoms with Crippen LogP contribution in [0.15, 0.2) is 24.3 Å². The van der Waals surface area contributed by atoms with Gasteiger partial charge in [0.15, 0.2) is 0 Å². The van der Waals surface area contributed by atoms with Crippen molar-refractivity contribution in [2.24, 2.45) is 5.92 Å². The number of hydrogen-bond donors (Lipinski definition) is 1. The molecule has 0 bridgehead atoms. The molecule has 0 aromatic heterocycles. The van der Waals surface area contributed by atoms with Crippen LogP contribution in [-0.2, 0) is 4.79 Å². The van der Waals surface area contributed by atoms with Crippen LogP contribution < -0.4 is 5.32 Å². The zero-order valence-corrected chi connectivity index (χ0v) is 12.1. The Balaban J connectivity index is 1.94. The van der Waals surface area contributed by atoms with E-state index in [2.05, 4.69) is 39.9 Å². The predicted molar refractivity (Wildman–Crippen MR) is 78.0 cm³/mol. The summed E-state index contributed by atoms with van der Waals surface area (Å²) in [6.07, 6.45) is 2.11. The molecule has 0 aliphatic carbocycles. The maximum Gasteiger partial charge on any atom is 0.228 e. The Kier molecular flexibility index (Phi) is 4.39. The highest BCUT2D eigenvalue weighted by Gasteiger charge is 2.23. The lowest BCUT2D eigenvalue weighted by molar-refractivity contribution is -0.121. The predicted octanol–water partition coefficient (Wildman–Crippen LogP) is 2.57. The van der Waals surface area contributed by atoms with E-state index in [1.807, 2.05) is 24.3 Å². The summed E-state index contributed by atoms with van der Waals surface area (Å²) in [7, 11) is 2.07. The van der Waals surface area contributed by atoms with Crippen molar-refractivity contribution in [3.05, 3.63) is 27.8 Å². The van der Waals surface area contributed by atoms with Gasteiger partial charge in [-0.1, -0.05) is 0 Å². The number of nitrogens with zero attached hydrogens (tertiary/aromatic N) is 1. The fourth-order valence-electron chi connectivity index (χ4n) is 2.16. The van der Waals surface area contributed by atoms with Gasteiger partial charge >= 0.3 is 0 Å². The number of likely N-dealkylation sites (tertiary alicyclic amines) is 1. The van der Waals surface area contributed by atoms with Gasteiger partial charge in [0.05, 0.1) is 5.92 Å². The summed E-state index contributed by atoms with van der Waals surface area (Å²) in [4.78, 5) is 14.3. The van der Waals surface area contributed by atoms with Crippen LogP contribution in [0, 0.1) is 9.49 Å². The molecule has 4 heteroatoms. The molecule has 1 aliphatic rings. The van der Waals surface area contributed by atoms with Crippen molar-refractivity contribution in [2.45, 2.75) is 12.8 Å². The highest BCUT2D eigenvalue weighted by atomic mass is 127. The third-order valence-corrected chi connectivity index (χ3v) is 3.83. The number of hydrogen-bond acceptors (Lipinski definition) is 2. The lowest BCUT2D eigenvalue weighted by atomic mass is 9.97. The van der Waals surface area contributed by atoms with E-state index in [-0.39, 0.29) is 11.8 Å². The number of carbonyl (C=O) groups excluding carboxylic acids is 1. The van der Waals surface area contributed by atoms with Gasteiger partial charge in [-0.2, -0.15) is 0 Å². The van der Waals surface area contributed by atoms with Crippen LogP contribution in [0.4, 0.5) is 5.69 Å². The van der Waals surface area contributed by atoms with Crippen LogP contribution in [0.3, 0.4) is 0 Å². The van der Waals surface area contributed by atoms with Gasteiger partial charge in [0.25, 0.3) is 0 Å². The molecular weight excluding hydrogens is 327 g/mol. The van der Waals surface area contributed by atoms with Crippen molar-refractivity contribution < 1.29 is 4.79 Å². The molecule has 3 nitrogen and oxygen atoms in total. The van der Waals surface area contributed by atoms with Gasteiger partial charge in [0, 0.05) is 15.8 Å². The zero-order chi connectivity index (χ0) is 12.3. The van der Waals surface area contributed by atoms with Gasteiger partial charge < -0.3 is 10.2 Å². The second-order valence-corrected chi connectivity index (χ2v) is 5.84. The van der Waals surface area contributed by atoms with Crippen molar-refractivity contribution in [1.82, 2.24) is 4.90 Å². The minimum Gasteiger partial charge on any atom is -0.326 e. The molecule has 1 aromatic rings. The number of rotatable bonds is 2. The number of nitrogens with one attached hydrogen (secondary N) is 1. The lowest BCUT2D eigenvalue weighted by Gasteiger charge is -2.28. The topological polar surface area (TPSA) is 32.3 Å². The number of anilines is 1. The summed E-state index contributed by atoms with van der Waals surface area (Å²) in [5.41, 5.74) is 0.892. The van der Waals surface area contributed by atoms with Crippen LogP contribution in [0.1, 0.15) is 12.8 Å². The smallest absolute Gasteiger partial charge is 0.228 e. The Morgan fingerprint density at radius 2 is 2.12 bits per heavy atom. The molecule has 92 valence electrons. The van der Waals surface area contributed by atoms with E-state index in [0.717, 1.165) is 31.6 Å². The van der Waals surface area contributed by atoms with Gasteiger partial charge in [0.1, 0.15) is 0 Å². The number of amides is 1. The Morgan fingerprint density at radius 1 is 1.41 bits per heavy atom. The first kappa shape index (κ1) is 12.8. The SMILES string of the molecule is CN1CCCC(C(=O)Nc2ccc(I)cc2)C1. The number of carbonyl (C=O) groups is 1. The maximum atomic E-state index is 12.1. The molecule has 1 fully saturated rings. The molecule has 0 radical (unpaired) electrons. The average molecular weight is 344 g/mol. The first-order valence-electron chi connectivity index (χ1n) is 5.90. The third kappa shape index (κ3) is 3.67. The summed E-state index contributed by atoms with van der Waals surface area (Å²) in [6, 6.07) is 7.91. The fourth-order valence-corrected chi connectivity index (χ4v) is 2.52. The molecule has 1 aliphatic heterocycles. The first-order chi connectivity index (χ1) is 8.15. The minimum atomic E-state index is 0.132. The normalized spacial score (nSPS) is 21.2. The number of halogens is 1. The van der Waals surface area contributed by atoms with E-state index >= 15 is 0 Å². The fraction of sp³-hybridized carbons (Fsp3) is 0.462. The van der Waals surface area contributed by atoms with E-state index in [4.69, 9.17) is 0 Å². The monoisotopic (exact) mass is 344 g/mol. The molecule has 0 spiro atoms. The van der Waals surface area contributed by atoms with Crippen molar-refractivity contribution in [2.75, 3.05) is 25.5 Å². The molecule has 17 heavy (non-hydrogen) atoms. The van der Waals surface area contributed by atoms with Crippen molar-refractivity contribution in [3.8, 4) is 0 Å². The standard InChI is InChI=1S/C13H17IN2O/c1-16-8-2-3-10(9-16)13(17)15-12-6-4-11(14)5-7-12/h4-7,10H,2-3,8-9H2,1H3,(H,15,17). The molecule has 2 rings (SSSR count). The average Bonchev–Trinajstić information content (AvgIpc) is 2.32. The highest BCUT2D eigenvalue weighted by molar-refractivity contribution is 14.1. The Morgan fingerprint density at radius 3 is 2.76 bits per heavy atom. The molecule has 1 unspecified atom stereocenters. The van der Waals surface area contributed by atoms with E-state index in [9.17, 15) is 4.79 Å². The summed E-state index contributed by atoms with van der Waals surface area (Å²) in [5, 5.41) is 2.99. The molecule has 0 saturated carbocycles. The van der Waals surface area contributed by atoms with Gasteiger partial charge in [0.2, 0.25) is 5.91 Å². The zero-order valence-electron chi connectivity index (χ0n) is 9.95. The van der Waals surface area contributed by atoms with Gasteiger partial charge in [-0.05, 0) is 73.3 Å². The van der Waals surface area contributed by atoms with Gasteiger partial charge in [-0.3, -0.25) is 4.79 Å². The second kappa shape index (κ2) is 5.82. The quantitative estimate of drug-likeness (QED) is 0.837. The minimum absolute atomic E-state index is 0.132. The van der Waals surface area contributed by atoms with Gasteiger partial charge in [-0.25, -0.2) is 0 Å². The Bertz CT molecular complexity index is 391. The van der Waals surface area contributed by atoms with Gasteiger partial charge in [-0.15, -0.1) is 0 Å². The summed E-state index contributed by atoms with van der Waals surface area (Å²) < 4.78 is 1.18. The third-order valence-electron chi connectivity index (χ3n) is 3.11. The van der Waals surface area contributed by atoms with Crippen LogP contribution in [0.5, 0.6) is 0 Å². The van der Waals surface area contributed by atoms with Crippen LogP contribution in [0.2, 0.25) is 0 Å². The van der Waals surface area contributed by atoms with Crippen molar-refractivity contribution >= 4 is 34.2 Å². The molecular formula is C13H17IN2O. The largest absolute Gasteiger partial charge is 0.326 e. The Hall–Kier alpha value is -0.620. The summed E-state index contributed by atoms with van der Waals surface area (Å²) in [5.74, 6) is 0.283. The van der Waals surface area contributed by atoms with E-state index in [1.54, 1.807) is 0 Å². The van der Waals surface area contributed by atoms with Crippen molar-refractivity contribution in [1.29, 1.82) is 0 Å². The molecule has 1 saturated heterocycles. The first-order valence-corrected chi connectivity index (χ1v) is 6.98. The summed E-state index contributed by atoms with van der Waals surface area (Å²) in [6.45, 7) is 1.98. The van der Waals surface area contributed by atoms with E-state index in [0.29, 0.717) is 0 Å². The highest BCUT2D eigenvalue weighted by Crippen LogP contribution is 2.18. The summed E-state index contributed by atoms with van der Waals surface area (Å²) >= 11 is 2.26. The molecule has 1 atom stereocenters. The molecule has 1 N–H and O–H groups in total. The van der Waals surface area contributed by atoms with E-state index in [1.165, 1.54) is 3.57 Å². The lowest BCUT2D eigenvalue weighted by Crippen LogP contribution is -2.38. The van der Waals surface area contributed by atoms with Crippen LogP contribution in [-0.4, -0.2) is 30.9 Å². The number of benzene rings is 1. The molecule has 1 amide bonds. The Labute approximate surface area is 116 Å². The van der Waals surface area contributed by atoms with E-state index < -0.39 is 0 Å². The number of piperidine rings is 1. The molecule has 1 aromatic carbocycles. The van der Waals surface area contributed by atoms with Crippen LogP contribution in [0.25, 0.3) is 0 Å². The second-order valence-electron chi connectivity index (χ2n) is 4.60. The maximum absolute atomic E-state index is 12.1. The molecule has 1 heterocycles. The van der Waals surface area contributed by atoms with Crippen LogP contribution >= 0.6 is 22.6 Å².